The van der Waals surface area contributed by atoms with E-state index in [4.69, 9.17) is 4.74 Å². The fourth-order valence-corrected chi connectivity index (χ4v) is 1.18. The Bertz CT molecular complexity index is 527. The molecule has 6 heteroatoms. The molecule has 0 radical (unpaired) electrons. The Kier molecular flexibility index (Phi) is 4.69. The molecule has 0 heterocycles. The lowest BCUT2D eigenvalue weighted by Gasteiger charge is -2.00. The molecular weight excluding hydrogens is 238 g/mol. The third-order valence-electron chi connectivity index (χ3n) is 2.09. The Hall–Kier alpha value is -2.55. The number of methoxy groups -OCH3 is 2. The van der Waals surface area contributed by atoms with E-state index in [0.29, 0.717) is 5.75 Å². The molecule has 0 aromatic heterocycles. The van der Waals surface area contributed by atoms with Crippen LogP contribution in [-0.4, -0.2) is 25.1 Å². The highest BCUT2D eigenvalue weighted by molar-refractivity contribution is 5.72. The second-order valence-electron chi connectivity index (χ2n) is 3.19. The van der Waals surface area contributed by atoms with Crippen molar-refractivity contribution >= 4 is 11.7 Å². The van der Waals surface area contributed by atoms with Gasteiger partial charge in [-0.05, 0) is 12.1 Å². The van der Waals surface area contributed by atoms with E-state index in [9.17, 15) is 14.9 Å². The average molecular weight is 249 g/mol. The smallest absolute Gasteiger partial charge is 0.317 e. The van der Waals surface area contributed by atoms with Crippen LogP contribution in [0.3, 0.4) is 0 Å². The molecule has 0 bridgehead atoms. The monoisotopic (exact) mass is 249 g/mol. The maximum absolute atomic E-state index is 10.8. The van der Waals surface area contributed by atoms with Crippen molar-refractivity contribution in [1.29, 1.82) is 0 Å². The molecular formula is C12H11NO5. The molecule has 0 unspecified atom stereocenters. The standard InChI is InChI=1S/C12H11NO5/c1-17-10-7-6-9(11(8-10)13(15)16)4-3-5-12(14)18-2/h6-8H,5H2,1-2H3. The van der Waals surface area contributed by atoms with Crippen LogP contribution in [-0.2, 0) is 9.53 Å². The van der Waals surface area contributed by atoms with Gasteiger partial charge in [0.1, 0.15) is 17.7 Å². The normalized spacial score (nSPS) is 9.00. The Balaban J connectivity index is 3.01. The zero-order chi connectivity index (χ0) is 13.5. The largest absolute Gasteiger partial charge is 0.497 e. The highest BCUT2D eigenvalue weighted by atomic mass is 16.6. The number of carbonyl (C=O) groups excluding carboxylic acids is 1. The number of hydrogen-bond acceptors (Lipinski definition) is 5. The zero-order valence-electron chi connectivity index (χ0n) is 9.93. The summed E-state index contributed by atoms with van der Waals surface area (Å²) in [6.07, 6.45) is -0.111. The van der Waals surface area contributed by atoms with Crippen molar-refractivity contribution in [1.82, 2.24) is 0 Å². The van der Waals surface area contributed by atoms with Crippen LogP contribution < -0.4 is 4.74 Å². The number of nitro benzene ring substituents is 1. The van der Waals surface area contributed by atoms with Gasteiger partial charge in [-0.1, -0.05) is 11.8 Å². The minimum atomic E-state index is -0.551. The third kappa shape index (κ3) is 3.49. The highest BCUT2D eigenvalue weighted by Crippen LogP contribution is 2.23. The summed E-state index contributed by atoms with van der Waals surface area (Å²) >= 11 is 0. The molecule has 1 aromatic rings. The molecule has 0 aliphatic rings. The van der Waals surface area contributed by atoms with Crippen molar-refractivity contribution < 1.29 is 19.2 Å². The van der Waals surface area contributed by atoms with E-state index in [1.54, 1.807) is 6.07 Å². The molecule has 6 nitrogen and oxygen atoms in total. The number of hydrogen-bond donors (Lipinski definition) is 0. The van der Waals surface area contributed by atoms with E-state index in [1.165, 1.54) is 26.4 Å². The number of nitro groups is 1. The van der Waals surface area contributed by atoms with Gasteiger partial charge >= 0.3 is 5.97 Å². The summed E-state index contributed by atoms with van der Waals surface area (Å²) < 4.78 is 9.30. The Labute approximate surface area is 104 Å². The first-order valence-electron chi connectivity index (χ1n) is 4.96. The molecule has 0 N–H and O–H groups in total. The van der Waals surface area contributed by atoms with Gasteiger partial charge in [-0.15, -0.1) is 0 Å². The number of benzene rings is 1. The first-order chi connectivity index (χ1) is 8.58. The predicted molar refractivity (Wildman–Crippen MR) is 63.2 cm³/mol. The van der Waals surface area contributed by atoms with Crippen LogP contribution in [0, 0.1) is 22.0 Å². The second kappa shape index (κ2) is 6.25. The lowest BCUT2D eigenvalue weighted by Crippen LogP contribution is -1.97. The van der Waals surface area contributed by atoms with Gasteiger partial charge in [-0.2, -0.15) is 0 Å². The number of rotatable bonds is 3. The molecule has 0 spiro atoms. The van der Waals surface area contributed by atoms with Crippen LogP contribution in [0.4, 0.5) is 5.69 Å². The summed E-state index contributed by atoms with van der Waals surface area (Å²) in [6, 6.07) is 4.32. The molecule has 0 saturated heterocycles. The fraction of sp³-hybridized carbons (Fsp3) is 0.250. The SMILES string of the molecule is COC(=O)CC#Cc1ccc(OC)cc1[N+](=O)[O-]. The van der Waals surface area contributed by atoms with Crippen molar-refractivity contribution in [2.45, 2.75) is 6.42 Å². The van der Waals surface area contributed by atoms with Crippen LogP contribution in [0.1, 0.15) is 12.0 Å². The summed E-state index contributed by atoms with van der Waals surface area (Å²) in [4.78, 5) is 21.1. The minimum Gasteiger partial charge on any atom is -0.497 e. The van der Waals surface area contributed by atoms with Crippen molar-refractivity contribution in [2.75, 3.05) is 14.2 Å². The fourth-order valence-electron chi connectivity index (χ4n) is 1.18. The molecule has 18 heavy (non-hydrogen) atoms. The number of ether oxygens (including phenoxy) is 2. The molecule has 0 aliphatic heterocycles. The molecule has 0 amide bonds. The molecule has 0 fully saturated rings. The lowest BCUT2D eigenvalue weighted by molar-refractivity contribution is -0.385. The molecule has 0 atom stereocenters. The minimum absolute atomic E-state index is 0.111. The van der Waals surface area contributed by atoms with Gasteiger partial charge in [0.25, 0.3) is 5.69 Å². The van der Waals surface area contributed by atoms with Crippen molar-refractivity contribution in [2.24, 2.45) is 0 Å². The molecule has 1 aromatic carbocycles. The Morgan fingerprint density at radius 2 is 2.17 bits per heavy atom. The molecule has 94 valence electrons. The van der Waals surface area contributed by atoms with Gasteiger partial charge in [-0.3, -0.25) is 14.9 Å². The molecule has 0 aliphatic carbocycles. The van der Waals surface area contributed by atoms with Gasteiger partial charge < -0.3 is 9.47 Å². The number of nitrogens with zero attached hydrogens (tertiary/aromatic N) is 1. The van der Waals surface area contributed by atoms with Gasteiger partial charge in [0.2, 0.25) is 0 Å². The summed E-state index contributed by atoms with van der Waals surface area (Å²) in [5, 5.41) is 10.8. The van der Waals surface area contributed by atoms with Gasteiger partial charge in [0.15, 0.2) is 0 Å². The van der Waals surface area contributed by atoms with Gasteiger partial charge in [0.05, 0.1) is 25.2 Å². The predicted octanol–water partition coefficient (Wildman–Crippen LogP) is 1.52. The van der Waals surface area contributed by atoms with E-state index >= 15 is 0 Å². The first-order valence-corrected chi connectivity index (χ1v) is 4.96. The maximum atomic E-state index is 10.8. The van der Waals surface area contributed by atoms with Crippen molar-refractivity contribution in [3.05, 3.63) is 33.9 Å². The number of carbonyl (C=O) groups is 1. The topological polar surface area (TPSA) is 78.7 Å². The molecule has 1 rings (SSSR count). The number of esters is 1. The second-order valence-corrected chi connectivity index (χ2v) is 3.19. The van der Waals surface area contributed by atoms with Crippen LogP contribution in [0.15, 0.2) is 18.2 Å². The van der Waals surface area contributed by atoms with E-state index in [-0.39, 0.29) is 17.7 Å². The van der Waals surface area contributed by atoms with Crippen LogP contribution >= 0.6 is 0 Å². The van der Waals surface area contributed by atoms with Crippen LogP contribution in [0.5, 0.6) is 5.75 Å². The summed E-state index contributed by atoms with van der Waals surface area (Å²) in [5.74, 6) is 4.97. The Morgan fingerprint density at radius 3 is 2.72 bits per heavy atom. The van der Waals surface area contributed by atoms with E-state index in [0.717, 1.165) is 0 Å². The molecule has 0 saturated carbocycles. The van der Waals surface area contributed by atoms with Gasteiger partial charge in [0, 0.05) is 0 Å². The van der Waals surface area contributed by atoms with Crippen molar-refractivity contribution in [3.63, 3.8) is 0 Å². The summed E-state index contributed by atoms with van der Waals surface area (Å²) in [5.41, 5.74) is 0.0661. The van der Waals surface area contributed by atoms with Crippen LogP contribution in [0.25, 0.3) is 0 Å². The summed E-state index contributed by atoms with van der Waals surface area (Å²) in [7, 11) is 2.67. The van der Waals surface area contributed by atoms with E-state index in [2.05, 4.69) is 16.6 Å². The van der Waals surface area contributed by atoms with E-state index < -0.39 is 10.9 Å². The van der Waals surface area contributed by atoms with Crippen molar-refractivity contribution in [3.8, 4) is 17.6 Å². The van der Waals surface area contributed by atoms with E-state index in [1.807, 2.05) is 0 Å². The van der Waals surface area contributed by atoms with Gasteiger partial charge in [-0.25, -0.2) is 0 Å². The first kappa shape index (κ1) is 13.5. The lowest BCUT2D eigenvalue weighted by atomic mass is 10.1. The van der Waals surface area contributed by atoms with Crippen LogP contribution in [0.2, 0.25) is 0 Å². The third-order valence-corrected chi connectivity index (χ3v) is 2.09. The average Bonchev–Trinajstić information content (AvgIpc) is 2.38. The quantitative estimate of drug-likeness (QED) is 0.351. The Morgan fingerprint density at radius 1 is 1.44 bits per heavy atom. The maximum Gasteiger partial charge on any atom is 0.317 e. The zero-order valence-corrected chi connectivity index (χ0v) is 9.93. The summed E-state index contributed by atoms with van der Waals surface area (Å²) in [6.45, 7) is 0. The highest BCUT2D eigenvalue weighted by Gasteiger charge is 2.13.